The zero-order chi connectivity index (χ0) is 19.7. The second kappa shape index (κ2) is 7.02. The molecule has 6 nitrogen and oxygen atoms in total. The molecule has 2 atom stereocenters. The van der Waals surface area contributed by atoms with E-state index in [2.05, 4.69) is 0 Å². The molecule has 0 aliphatic carbocycles. The highest BCUT2D eigenvalue weighted by atomic mass is 16.6. The molecule has 0 radical (unpaired) electrons. The van der Waals surface area contributed by atoms with E-state index in [4.69, 9.17) is 4.74 Å². The minimum Gasteiger partial charge on any atom is -0.459 e. The summed E-state index contributed by atoms with van der Waals surface area (Å²) in [6.07, 6.45) is -0.180. The molecule has 2 rings (SSSR count). The smallest absolute Gasteiger partial charge is 0.320 e. The van der Waals surface area contributed by atoms with Crippen LogP contribution < -0.4 is 0 Å². The molecule has 0 saturated carbocycles. The molecule has 0 aromatic heterocycles. The van der Waals surface area contributed by atoms with Crippen LogP contribution in [0.15, 0.2) is 30.3 Å². The summed E-state index contributed by atoms with van der Waals surface area (Å²) in [4.78, 5) is 51.4. The molecule has 2 amide bonds. The fraction of sp³-hybridized carbons (Fsp3) is 0.500. The van der Waals surface area contributed by atoms with E-state index in [1.165, 1.54) is 13.8 Å². The number of esters is 1. The number of likely N-dealkylation sites (tertiary alicyclic amines) is 1. The van der Waals surface area contributed by atoms with Gasteiger partial charge in [-0.2, -0.15) is 0 Å². The summed E-state index contributed by atoms with van der Waals surface area (Å²) >= 11 is 0. The van der Waals surface area contributed by atoms with Crippen molar-refractivity contribution >= 4 is 23.6 Å². The topological polar surface area (TPSA) is 80.8 Å². The number of ketones is 1. The van der Waals surface area contributed by atoms with Gasteiger partial charge in [-0.25, -0.2) is 0 Å². The highest BCUT2D eigenvalue weighted by molar-refractivity contribution is 6.12. The second-order valence-electron chi connectivity index (χ2n) is 7.82. The van der Waals surface area contributed by atoms with Crippen molar-refractivity contribution in [1.82, 2.24) is 4.90 Å². The molecule has 1 fully saturated rings. The maximum atomic E-state index is 12.9. The van der Waals surface area contributed by atoms with Gasteiger partial charge in [-0.15, -0.1) is 0 Å². The van der Waals surface area contributed by atoms with Crippen molar-refractivity contribution in [3.8, 4) is 0 Å². The lowest BCUT2D eigenvalue weighted by Gasteiger charge is -2.32. The largest absolute Gasteiger partial charge is 0.459 e. The van der Waals surface area contributed by atoms with Crippen LogP contribution in [0.5, 0.6) is 0 Å². The molecular formula is C20H25NO5. The SMILES string of the molecule is CC(=O)C(C)(C(=O)OC(C)(C)C)C1CC(=O)N(Cc2ccccc2)C1=O. The number of hydrogen-bond donors (Lipinski definition) is 0. The standard InChI is InChI=1S/C20H25NO5/c1-13(22)20(5,18(25)26-19(2,3)4)15-11-16(23)21(17(15)24)12-14-9-7-6-8-10-14/h6-10,15H,11-12H2,1-5H3. The molecule has 1 aromatic rings. The Morgan fingerprint density at radius 3 is 2.19 bits per heavy atom. The summed E-state index contributed by atoms with van der Waals surface area (Å²) < 4.78 is 5.37. The molecule has 2 unspecified atom stereocenters. The van der Waals surface area contributed by atoms with Gasteiger partial charge in [0.1, 0.15) is 16.8 Å². The number of carbonyl (C=O) groups excluding carboxylic acids is 4. The van der Waals surface area contributed by atoms with Gasteiger partial charge in [0.15, 0.2) is 0 Å². The van der Waals surface area contributed by atoms with Crippen LogP contribution in [0.1, 0.15) is 46.6 Å². The number of imide groups is 1. The van der Waals surface area contributed by atoms with Crippen molar-refractivity contribution in [2.24, 2.45) is 11.3 Å². The van der Waals surface area contributed by atoms with Crippen molar-refractivity contribution in [3.63, 3.8) is 0 Å². The molecule has 0 spiro atoms. The average Bonchev–Trinajstić information content (AvgIpc) is 2.81. The highest BCUT2D eigenvalue weighted by Gasteiger charge is 2.56. The lowest BCUT2D eigenvalue weighted by atomic mass is 9.73. The Morgan fingerprint density at radius 1 is 1.12 bits per heavy atom. The van der Waals surface area contributed by atoms with E-state index in [-0.39, 0.29) is 18.9 Å². The van der Waals surface area contributed by atoms with Crippen molar-refractivity contribution < 1.29 is 23.9 Å². The number of hydrogen-bond acceptors (Lipinski definition) is 5. The van der Waals surface area contributed by atoms with Crippen LogP contribution in [-0.4, -0.2) is 34.1 Å². The van der Waals surface area contributed by atoms with Crippen LogP contribution in [0.3, 0.4) is 0 Å². The minimum absolute atomic E-state index is 0.122. The van der Waals surface area contributed by atoms with E-state index in [1.807, 2.05) is 30.3 Å². The molecule has 0 N–H and O–H groups in total. The summed E-state index contributed by atoms with van der Waals surface area (Å²) in [5.74, 6) is -3.21. The van der Waals surface area contributed by atoms with Gasteiger partial charge in [-0.1, -0.05) is 30.3 Å². The van der Waals surface area contributed by atoms with Crippen molar-refractivity contribution in [3.05, 3.63) is 35.9 Å². The zero-order valence-corrected chi connectivity index (χ0v) is 15.9. The number of nitrogens with zero attached hydrogens (tertiary/aromatic N) is 1. The lowest BCUT2D eigenvalue weighted by Crippen LogP contribution is -2.48. The van der Waals surface area contributed by atoms with Gasteiger partial charge in [0.05, 0.1) is 12.5 Å². The molecular weight excluding hydrogens is 334 g/mol. The molecule has 26 heavy (non-hydrogen) atoms. The fourth-order valence-electron chi connectivity index (χ4n) is 2.98. The van der Waals surface area contributed by atoms with Gasteiger partial charge < -0.3 is 4.74 Å². The Morgan fingerprint density at radius 2 is 1.69 bits per heavy atom. The maximum absolute atomic E-state index is 12.9. The molecule has 1 heterocycles. The van der Waals surface area contributed by atoms with E-state index < -0.39 is 34.6 Å². The molecule has 1 aliphatic rings. The average molecular weight is 359 g/mol. The van der Waals surface area contributed by atoms with Crippen LogP contribution in [-0.2, 0) is 30.5 Å². The number of carbonyl (C=O) groups is 4. The van der Waals surface area contributed by atoms with E-state index in [0.29, 0.717) is 0 Å². The van der Waals surface area contributed by atoms with Crippen molar-refractivity contribution in [1.29, 1.82) is 0 Å². The van der Waals surface area contributed by atoms with Crippen molar-refractivity contribution in [2.75, 3.05) is 0 Å². The number of amides is 2. The summed E-state index contributed by atoms with van der Waals surface area (Å²) in [6, 6.07) is 9.10. The van der Waals surface area contributed by atoms with Crippen LogP contribution in [0.4, 0.5) is 0 Å². The molecule has 1 aliphatic heterocycles. The van der Waals surface area contributed by atoms with Gasteiger partial charge in [0.2, 0.25) is 11.8 Å². The number of Topliss-reactive ketones (excluding diaryl/α,β-unsaturated/α-hetero) is 1. The molecule has 1 saturated heterocycles. The number of benzene rings is 1. The van der Waals surface area contributed by atoms with Crippen LogP contribution >= 0.6 is 0 Å². The third-order valence-electron chi connectivity index (χ3n) is 4.68. The van der Waals surface area contributed by atoms with E-state index >= 15 is 0 Å². The molecule has 1 aromatic carbocycles. The Labute approximate surface area is 153 Å². The first kappa shape index (κ1) is 19.8. The first-order chi connectivity index (χ1) is 12.0. The summed E-state index contributed by atoms with van der Waals surface area (Å²) in [6.45, 7) is 7.84. The Bertz CT molecular complexity index is 734. The zero-order valence-electron chi connectivity index (χ0n) is 15.9. The Kier molecular flexibility index (Phi) is 5.35. The summed E-state index contributed by atoms with van der Waals surface area (Å²) in [5.41, 5.74) is -1.69. The van der Waals surface area contributed by atoms with Gasteiger partial charge in [-0.3, -0.25) is 24.1 Å². The van der Waals surface area contributed by atoms with Crippen molar-refractivity contribution in [2.45, 2.75) is 53.2 Å². The maximum Gasteiger partial charge on any atom is 0.320 e. The number of ether oxygens (including phenoxy) is 1. The lowest BCUT2D eigenvalue weighted by molar-refractivity contribution is -0.174. The monoisotopic (exact) mass is 359 g/mol. The third kappa shape index (κ3) is 3.84. The number of rotatable bonds is 5. The van der Waals surface area contributed by atoms with Gasteiger partial charge >= 0.3 is 5.97 Å². The fourth-order valence-corrected chi connectivity index (χ4v) is 2.98. The predicted octanol–water partition coefficient (Wildman–Crippen LogP) is 2.50. The quantitative estimate of drug-likeness (QED) is 0.458. The summed E-state index contributed by atoms with van der Waals surface area (Å²) in [7, 11) is 0. The third-order valence-corrected chi connectivity index (χ3v) is 4.68. The molecule has 6 heteroatoms. The van der Waals surface area contributed by atoms with Gasteiger partial charge in [0.25, 0.3) is 0 Å². The van der Waals surface area contributed by atoms with Gasteiger partial charge in [-0.05, 0) is 40.2 Å². The summed E-state index contributed by atoms with van der Waals surface area (Å²) in [5, 5.41) is 0. The first-order valence-electron chi connectivity index (χ1n) is 8.59. The molecule has 0 bridgehead atoms. The van der Waals surface area contributed by atoms with E-state index in [1.54, 1.807) is 20.8 Å². The Balaban J connectivity index is 2.30. The molecule has 140 valence electrons. The second-order valence-corrected chi connectivity index (χ2v) is 7.82. The van der Waals surface area contributed by atoms with Crippen LogP contribution in [0.2, 0.25) is 0 Å². The van der Waals surface area contributed by atoms with Crippen LogP contribution in [0.25, 0.3) is 0 Å². The first-order valence-corrected chi connectivity index (χ1v) is 8.59. The highest BCUT2D eigenvalue weighted by Crippen LogP contribution is 2.39. The normalized spacial score (nSPS) is 20.0. The Hall–Kier alpha value is -2.50. The van der Waals surface area contributed by atoms with Crippen LogP contribution in [0, 0.1) is 11.3 Å². The van der Waals surface area contributed by atoms with E-state index in [9.17, 15) is 19.2 Å². The predicted molar refractivity (Wildman–Crippen MR) is 94.7 cm³/mol. The minimum atomic E-state index is -1.69. The van der Waals surface area contributed by atoms with Gasteiger partial charge in [0, 0.05) is 6.42 Å². The van der Waals surface area contributed by atoms with E-state index in [0.717, 1.165) is 10.5 Å².